The van der Waals surface area contributed by atoms with E-state index in [9.17, 15) is 8.42 Å². The molecule has 1 rings (SSSR count). The number of sulfone groups is 1. The summed E-state index contributed by atoms with van der Waals surface area (Å²) in [6.07, 6.45) is 1.20. The summed E-state index contributed by atoms with van der Waals surface area (Å²) in [5, 5.41) is 0.654. The van der Waals surface area contributed by atoms with Gasteiger partial charge in [-0.3, -0.25) is 0 Å². The molecule has 0 bridgehead atoms. The number of halogens is 1. The van der Waals surface area contributed by atoms with Gasteiger partial charge in [-0.15, -0.1) is 0 Å². The quantitative estimate of drug-likeness (QED) is 0.876. The summed E-state index contributed by atoms with van der Waals surface area (Å²) < 4.78 is 22.7. The first kappa shape index (κ1) is 15.5. The highest BCUT2D eigenvalue weighted by Gasteiger charge is 2.12. The molecular weight excluding hydrogens is 270 g/mol. The van der Waals surface area contributed by atoms with Gasteiger partial charge in [-0.2, -0.15) is 0 Å². The van der Waals surface area contributed by atoms with Crippen molar-refractivity contribution in [2.75, 3.05) is 11.5 Å². The normalized spacial score (nSPS) is 13.6. The number of aryl methyl sites for hydroxylation is 1. The minimum absolute atomic E-state index is 0.188. The van der Waals surface area contributed by atoms with E-state index in [4.69, 9.17) is 17.3 Å². The second-order valence-corrected chi connectivity index (χ2v) is 7.39. The fraction of sp³-hybridized carbons (Fsp3) is 0.538. The zero-order chi connectivity index (χ0) is 13.8. The first-order chi connectivity index (χ1) is 8.35. The van der Waals surface area contributed by atoms with Crippen LogP contribution in [-0.4, -0.2) is 19.9 Å². The Bertz CT molecular complexity index is 500. The average Bonchev–Trinajstić information content (AvgIpc) is 2.28. The topological polar surface area (TPSA) is 60.2 Å². The van der Waals surface area contributed by atoms with Crippen LogP contribution in [0.15, 0.2) is 18.2 Å². The fourth-order valence-electron chi connectivity index (χ4n) is 1.76. The molecule has 1 aromatic rings. The van der Waals surface area contributed by atoms with E-state index in [2.05, 4.69) is 0 Å². The lowest BCUT2D eigenvalue weighted by Gasteiger charge is -2.14. The summed E-state index contributed by atoms with van der Waals surface area (Å²) in [5.41, 5.74) is 8.01. The Hall–Kier alpha value is -0.580. The van der Waals surface area contributed by atoms with Crippen LogP contribution >= 0.6 is 11.6 Å². The predicted molar refractivity (Wildman–Crippen MR) is 76.7 cm³/mol. The smallest absolute Gasteiger partial charge is 0.150 e. The highest BCUT2D eigenvalue weighted by Crippen LogP contribution is 2.25. The van der Waals surface area contributed by atoms with Gasteiger partial charge in [0, 0.05) is 16.8 Å². The predicted octanol–water partition coefficient (Wildman–Crippen LogP) is 2.86. The Kier molecular flexibility index (Phi) is 5.63. The molecule has 0 saturated heterocycles. The minimum Gasteiger partial charge on any atom is -0.324 e. The van der Waals surface area contributed by atoms with Crippen LogP contribution in [-0.2, 0) is 9.84 Å². The number of nitrogens with two attached hydrogens (primary N) is 1. The molecule has 0 heterocycles. The summed E-state index contributed by atoms with van der Waals surface area (Å²) in [6.45, 7) is 3.63. The Balaban J connectivity index is 2.58. The van der Waals surface area contributed by atoms with Gasteiger partial charge in [0.1, 0.15) is 9.84 Å². The van der Waals surface area contributed by atoms with Crippen molar-refractivity contribution < 1.29 is 8.42 Å². The van der Waals surface area contributed by atoms with Crippen molar-refractivity contribution in [2.45, 2.75) is 32.7 Å². The van der Waals surface area contributed by atoms with E-state index in [1.54, 1.807) is 6.92 Å². The average molecular weight is 290 g/mol. The number of benzene rings is 1. The number of hydrogen-bond donors (Lipinski definition) is 1. The SMILES string of the molecule is CCS(=O)(=O)CCCC(N)c1ccc(C)cc1Cl. The van der Waals surface area contributed by atoms with Gasteiger partial charge < -0.3 is 5.73 Å². The molecule has 5 heteroatoms. The Morgan fingerprint density at radius 1 is 1.39 bits per heavy atom. The van der Waals surface area contributed by atoms with Crippen LogP contribution in [0.2, 0.25) is 5.02 Å². The van der Waals surface area contributed by atoms with E-state index < -0.39 is 9.84 Å². The van der Waals surface area contributed by atoms with E-state index in [1.165, 1.54) is 0 Å². The first-order valence-corrected chi connectivity index (χ1v) is 8.27. The van der Waals surface area contributed by atoms with Crippen LogP contribution < -0.4 is 5.73 Å². The Morgan fingerprint density at radius 2 is 2.06 bits per heavy atom. The monoisotopic (exact) mass is 289 g/mol. The van der Waals surface area contributed by atoms with Crippen molar-refractivity contribution in [2.24, 2.45) is 5.73 Å². The molecule has 0 aliphatic carbocycles. The van der Waals surface area contributed by atoms with Gasteiger partial charge in [-0.25, -0.2) is 8.42 Å². The van der Waals surface area contributed by atoms with E-state index in [-0.39, 0.29) is 17.5 Å². The van der Waals surface area contributed by atoms with Crippen molar-refractivity contribution in [3.8, 4) is 0 Å². The van der Waals surface area contributed by atoms with Gasteiger partial charge >= 0.3 is 0 Å². The maximum absolute atomic E-state index is 11.4. The van der Waals surface area contributed by atoms with Gasteiger partial charge in [0.2, 0.25) is 0 Å². The molecule has 18 heavy (non-hydrogen) atoms. The molecule has 1 unspecified atom stereocenters. The lowest BCUT2D eigenvalue weighted by atomic mass is 10.0. The summed E-state index contributed by atoms with van der Waals surface area (Å²) in [6, 6.07) is 5.55. The van der Waals surface area contributed by atoms with Gasteiger partial charge in [0.15, 0.2) is 0 Å². The Morgan fingerprint density at radius 3 is 2.61 bits per heavy atom. The molecule has 0 aromatic heterocycles. The van der Waals surface area contributed by atoms with Crippen molar-refractivity contribution in [1.29, 1.82) is 0 Å². The maximum atomic E-state index is 11.4. The molecule has 102 valence electrons. The fourth-order valence-corrected chi connectivity index (χ4v) is 3.03. The molecule has 0 aliphatic heterocycles. The highest BCUT2D eigenvalue weighted by molar-refractivity contribution is 7.91. The zero-order valence-electron chi connectivity index (χ0n) is 10.8. The van der Waals surface area contributed by atoms with Crippen LogP contribution in [0.1, 0.15) is 36.9 Å². The third-order valence-corrected chi connectivity index (χ3v) is 5.08. The molecule has 0 radical (unpaired) electrons. The van der Waals surface area contributed by atoms with E-state index >= 15 is 0 Å². The molecule has 1 atom stereocenters. The maximum Gasteiger partial charge on any atom is 0.150 e. The van der Waals surface area contributed by atoms with E-state index in [1.807, 2.05) is 25.1 Å². The highest BCUT2D eigenvalue weighted by atomic mass is 35.5. The largest absolute Gasteiger partial charge is 0.324 e. The second-order valence-electron chi connectivity index (χ2n) is 4.51. The van der Waals surface area contributed by atoms with Crippen molar-refractivity contribution in [3.05, 3.63) is 34.3 Å². The van der Waals surface area contributed by atoms with Crippen molar-refractivity contribution in [3.63, 3.8) is 0 Å². The first-order valence-electron chi connectivity index (χ1n) is 6.08. The Labute approximate surface area is 114 Å². The molecule has 2 N–H and O–H groups in total. The minimum atomic E-state index is -2.90. The molecule has 0 fully saturated rings. The van der Waals surface area contributed by atoms with Crippen LogP contribution in [0.4, 0.5) is 0 Å². The summed E-state index contributed by atoms with van der Waals surface area (Å²) >= 11 is 6.12. The standard InChI is InChI=1S/C13H20ClNO2S/c1-3-18(16,17)8-4-5-13(15)11-7-6-10(2)9-12(11)14/h6-7,9,13H,3-5,8,15H2,1-2H3. The third-order valence-electron chi connectivity index (χ3n) is 2.97. The van der Waals surface area contributed by atoms with Crippen LogP contribution in [0.25, 0.3) is 0 Å². The molecular formula is C13H20ClNO2S. The van der Waals surface area contributed by atoms with Crippen LogP contribution in [0.3, 0.4) is 0 Å². The lowest BCUT2D eigenvalue weighted by molar-refractivity contribution is 0.584. The van der Waals surface area contributed by atoms with E-state index in [0.29, 0.717) is 17.9 Å². The molecule has 0 aliphatic rings. The molecule has 0 amide bonds. The van der Waals surface area contributed by atoms with E-state index in [0.717, 1.165) is 11.1 Å². The molecule has 0 spiro atoms. The van der Waals surface area contributed by atoms with Gasteiger partial charge in [0.25, 0.3) is 0 Å². The molecule has 0 saturated carbocycles. The zero-order valence-corrected chi connectivity index (χ0v) is 12.4. The molecule has 1 aromatic carbocycles. The van der Waals surface area contributed by atoms with Crippen molar-refractivity contribution in [1.82, 2.24) is 0 Å². The third kappa shape index (κ3) is 4.59. The number of rotatable bonds is 6. The van der Waals surface area contributed by atoms with Crippen LogP contribution in [0, 0.1) is 6.92 Å². The lowest BCUT2D eigenvalue weighted by Crippen LogP contribution is -2.14. The van der Waals surface area contributed by atoms with Gasteiger partial charge in [-0.1, -0.05) is 30.7 Å². The second kappa shape index (κ2) is 6.55. The van der Waals surface area contributed by atoms with Crippen molar-refractivity contribution >= 4 is 21.4 Å². The van der Waals surface area contributed by atoms with Gasteiger partial charge in [0.05, 0.1) is 5.75 Å². The number of hydrogen-bond acceptors (Lipinski definition) is 3. The summed E-state index contributed by atoms with van der Waals surface area (Å²) in [5.74, 6) is 0.383. The summed E-state index contributed by atoms with van der Waals surface area (Å²) in [4.78, 5) is 0. The molecule has 3 nitrogen and oxygen atoms in total. The van der Waals surface area contributed by atoms with Gasteiger partial charge in [-0.05, 0) is 37.0 Å². The summed E-state index contributed by atoms with van der Waals surface area (Å²) in [7, 11) is -2.90. The van der Waals surface area contributed by atoms with Crippen LogP contribution in [0.5, 0.6) is 0 Å².